The fourth-order valence-electron chi connectivity index (χ4n) is 1.15. The van der Waals surface area contributed by atoms with Gasteiger partial charge in [-0.1, -0.05) is 30.9 Å². The number of hydrogen-bond acceptors (Lipinski definition) is 1. The molecule has 1 nitrogen and oxygen atoms in total. The van der Waals surface area contributed by atoms with Crippen molar-refractivity contribution in [2.45, 2.75) is 13.8 Å². The molecule has 12 heavy (non-hydrogen) atoms. The highest BCUT2D eigenvalue weighted by molar-refractivity contribution is 5.71. The van der Waals surface area contributed by atoms with Crippen molar-refractivity contribution in [2.24, 2.45) is 4.99 Å². The summed E-state index contributed by atoms with van der Waals surface area (Å²) in [5.74, 6) is 0. The van der Waals surface area contributed by atoms with Crippen LogP contribution in [-0.2, 0) is 0 Å². The van der Waals surface area contributed by atoms with Crippen molar-refractivity contribution in [2.75, 3.05) is 0 Å². The third-order valence-electron chi connectivity index (χ3n) is 1.75. The maximum atomic E-state index is 4.28. The Morgan fingerprint density at radius 1 is 1.42 bits per heavy atom. The summed E-state index contributed by atoms with van der Waals surface area (Å²) in [4.78, 5) is 4.28. The van der Waals surface area contributed by atoms with Crippen molar-refractivity contribution in [3.05, 3.63) is 35.9 Å². The van der Waals surface area contributed by atoms with Crippen molar-refractivity contribution in [3.8, 4) is 0 Å². The van der Waals surface area contributed by atoms with Crippen LogP contribution in [0.15, 0.2) is 29.8 Å². The molecule has 0 heterocycles. The number of benzene rings is 1. The van der Waals surface area contributed by atoms with Gasteiger partial charge in [0, 0.05) is 6.21 Å². The molecule has 1 aromatic rings. The highest BCUT2D eigenvalue weighted by atomic mass is 14.7. The van der Waals surface area contributed by atoms with Gasteiger partial charge in [0.15, 0.2) is 0 Å². The lowest BCUT2D eigenvalue weighted by atomic mass is 10.1. The first-order chi connectivity index (χ1) is 5.79. The van der Waals surface area contributed by atoms with E-state index >= 15 is 0 Å². The maximum absolute atomic E-state index is 4.28. The predicted octanol–water partition coefficient (Wildman–Crippen LogP) is 3.36. The Kier molecular flexibility index (Phi) is 2.81. The van der Waals surface area contributed by atoms with E-state index in [0.29, 0.717) is 0 Å². The van der Waals surface area contributed by atoms with E-state index in [2.05, 4.69) is 24.6 Å². The van der Waals surface area contributed by atoms with E-state index in [1.54, 1.807) is 6.21 Å². The van der Waals surface area contributed by atoms with Crippen LogP contribution in [-0.4, -0.2) is 6.21 Å². The van der Waals surface area contributed by atoms with E-state index in [4.69, 9.17) is 0 Å². The molecule has 0 aliphatic rings. The van der Waals surface area contributed by atoms with E-state index in [1.807, 2.05) is 25.1 Å². The Hall–Kier alpha value is -1.37. The fraction of sp³-hybridized carbons (Fsp3) is 0.182. The van der Waals surface area contributed by atoms with Crippen LogP contribution < -0.4 is 0 Å². The summed E-state index contributed by atoms with van der Waals surface area (Å²) in [5.41, 5.74) is 3.30. The molecule has 62 valence electrons. The third kappa shape index (κ3) is 1.62. The van der Waals surface area contributed by atoms with E-state index in [0.717, 1.165) is 11.3 Å². The van der Waals surface area contributed by atoms with Gasteiger partial charge >= 0.3 is 0 Å². The van der Waals surface area contributed by atoms with Gasteiger partial charge in [-0.15, -0.1) is 0 Å². The monoisotopic (exact) mass is 159 g/mol. The molecule has 0 bridgehead atoms. The lowest BCUT2D eigenvalue weighted by Crippen LogP contribution is -1.79. The SMILES string of the molecule is C=Cc1cccc(C)c1N=CC. The predicted molar refractivity (Wildman–Crippen MR) is 55.1 cm³/mol. The Morgan fingerprint density at radius 2 is 2.17 bits per heavy atom. The summed E-state index contributed by atoms with van der Waals surface area (Å²) >= 11 is 0. The normalized spacial score (nSPS) is 10.5. The molecule has 0 N–H and O–H groups in total. The number of aliphatic imine (C=N–C) groups is 1. The summed E-state index contributed by atoms with van der Waals surface area (Å²) in [5, 5.41) is 0. The standard InChI is InChI=1S/C11H13N/c1-4-10-8-6-7-9(3)11(10)12-5-2/h4-8H,1H2,2-3H3. The van der Waals surface area contributed by atoms with Crippen molar-refractivity contribution < 1.29 is 0 Å². The molecule has 1 heteroatoms. The van der Waals surface area contributed by atoms with Crippen LogP contribution in [0.4, 0.5) is 5.69 Å². The van der Waals surface area contributed by atoms with E-state index in [-0.39, 0.29) is 0 Å². The Bertz CT molecular complexity index is 311. The minimum atomic E-state index is 1.02. The second kappa shape index (κ2) is 3.86. The molecule has 0 aromatic heterocycles. The number of para-hydroxylation sites is 1. The van der Waals surface area contributed by atoms with Crippen molar-refractivity contribution in [1.82, 2.24) is 0 Å². The van der Waals surface area contributed by atoms with Crippen LogP contribution in [0.2, 0.25) is 0 Å². The summed E-state index contributed by atoms with van der Waals surface area (Å²) in [6.45, 7) is 7.71. The molecule has 0 amide bonds. The number of nitrogens with zero attached hydrogens (tertiary/aromatic N) is 1. The van der Waals surface area contributed by atoms with Gasteiger partial charge in [-0.2, -0.15) is 0 Å². The summed E-state index contributed by atoms with van der Waals surface area (Å²) in [7, 11) is 0. The zero-order valence-electron chi connectivity index (χ0n) is 7.54. The fourth-order valence-corrected chi connectivity index (χ4v) is 1.15. The zero-order chi connectivity index (χ0) is 8.97. The van der Waals surface area contributed by atoms with Gasteiger partial charge in [-0.3, -0.25) is 4.99 Å². The Morgan fingerprint density at radius 3 is 2.75 bits per heavy atom. The van der Waals surface area contributed by atoms with Crippen LogP contribution in [0.25, 0.3) is 6.08 Å². The molecule has 0 saturated heterocycles. The third-order valence-corrected chi connectivity index (χ3v) is 1.75. The first-order valence-corrected chi connectivity index (χ1v) is 4.00. The van der Waals surface area contributed by atoms with Gasteiger partial charge in [0.1, 0.15) is 0 Å². The minimum Gasteiger partial charge on any atom is -0.261 e. The maximum Gasteiger partial charge on any atom is 0.0726 e. The van der Waals surface area contributed by atoms with Gasteiger partial charge in [0.2, 0.25) is 0 Å². The van der Waals surface area contributed by atoms with Crippen LogP contribution in [0.3, 0.4) is 0 Å². The Balaban J connectivity index is 3.28. The molecule has 1 rings (SSSR count). The lowest BCUT2D eigenvalue weighted by molar-refractivity contribution is 1.39. The molecule has 0 saturated carbocycles. The quantitative estimate of drug-likeness (QED) is 0.587. The topological polar surface area (TPSA) is 12.4 Å². The van der Waals surface area contributed by atoms with Crippen molar-refractivity contribution in [1.29, 1.82) is 0 Å². The van der Waals surface area contributed by atoms with E-state index < -0.39 is 0 Å². The van der Waals surface area contributed by atoms with Crippen LogP contribution in [0.1, 0.15) is 18.1 Å². The molecular formula is C11H13N. The molecule has 1 aromatic carbocycles. The molecule has 0 fully saturated rings. The first kappa shape index (κ1) is 8.72. The van der Waals surface area contributed by atoms with E-state index in [1.165, 1.54) is 5.56 Å². The molecule has 0 radical (unpaired) electrons. The second-order valence-corrected chi connectivity index (χ2v) is 2.60. The molecule has 0 aliphatic heterocycles. The molecule has 0 spiro atoms. The van der Waals surface area contributed by atoms with Crippen molar-refractivity contribution >= 4 is 18.0 Å². The van der Waals surface area contributed by atoms with Gasteiger partial charge in [0.05, 0.1) is 5.69 Å². The average molecular weight is 159 g/mol. The van der Waals surface area contributed by atoms with Gasteiger partial charge in [-0.25, -0.2) is 0 Å². The highest BCUT2D eigenvalue weighted by Crippen LogP contribution is 2.24. The Labute approximate surface area is 73.5 Å². The second-order valence-electron chi connectivity index (χ2n) is 2.60. The smallest absolute Gasteiger partial charge is 0.0726 e. The first-order valence-electron chi connectivity index (χ1n) is 4.00. The summed E-state index contributed by atoms with van der Waals surface area (Å²) < 4.78 is 0. The van der Waals surface area contributed by atoms with Gasteiger partial charge < -0.3 is 0 Å². The van der Waals surface area contributed by atoms with Crippen LogP contribution in [0, 0.1) is 6.92 Å². The van der Waals surface area contributed by atoms with Gasteiger partial charge in [0.25, 0.3) is 0 Å². The lowest BCUT2D eigenvalue weighted by Gasteiger charge is -2.02. The van der Waals surface area contributed by atoms with Crippen LogP contribution >= 0.6 is 0 Å². The number of hydrogen-bond donors (Lipinski definition) is 0. The van der Waals surface area contributed by atoms with Gasteiger partial charge in [-0.05, 0) is 25.0 Å². The molecule has 0 aliphatic carbocycles. The minimum absolute atomic E-state index is 1.02. The summed E-state index contributed by atoms with van der Waals surface area (Å²) in [6.07, 6.45) is 3.63. The zero-order valence-corrected chi connectivity index (χ0v) is 7.54. The number of rotatable bonds is 2. The van der Waals surface area contributed by atoms with Crippen LogP contribution in [0.5, 0.6) is 0 Å². The highest BCUT2D eigenvalue weighted by Gasteiger charge is 1.98. The molecule has 0 atom stereocenters. The molecular weight excluding hydrogens is 146 g/mol. The molecule has 0 unspecified atom stereocenters. The van der Waals surface area contributed by atoms with E-state index in [9.17, 15) is 0 Å². The largest absolute Gasteiger partial charge is 0.261 e. The average Bonchev–Trinajstić information content (AvgIpc) is 2.09. The summed E-state index contributed by atoms with van der Waals surface area (Å²) in [6, 6.07) is 6.08. The number of aryl methyl sites for hydroxylation is 1. The van der Waals surface area contributed by atoms with Crippen molar-refractivity contribution in [3.63, 3.8) is 0 Å².